The number of amides is 1. The summed E-state index contributed by atoms with van der Waals surface area (Å²) >= 11 is 1.12. The number of nitrogens with zero attached hydrogens (tertiary/aromatic N) is 1. The lowest BCUT2D eigenvalue weighted by Crippen LogP contribution is -2.43. The second kappa shape index (κ2) is 7.19. The van der Waals surface area contributed by atoms with Crippen LogP contribution < -0.4 is 5.32 Å². The Bertz CT molecular complexity index is 870. The van der Waals surface area contributed by atoms with Gasteiger partial charge in [0.1, 0.15) is 15.8 Å². The molecule has 2 heterocycles. The zero-order chi connectivity index (χ0) is 18.0. The predicted molar refractivity (Wildman–Crippen MR) is 90.8 cm³/mol. The minimum atomic E-state index is -3.62. The number of anilines is 1. The van der Waals surface area contributed by atoms with Gasteiger partial charge in [-0.15, -0.1) is 11.3 Å². The summed E-state index contributed by atoms with van der Waals surface area (Å²) in [4.78, 5) is 12.4. The van der Waals surface area contributed by atoms with E-state index >= 15 is 0 Å². The lowest BCUT2D eigenvalue weighted by atomic mass is 9.98. The van der Waals surface area contributed by atoms with Crippen molar-refractivity contribution in [2.24, 2.45) is 5.92 Å². The van der Waals surface area contributed by atoms with Gasteiger partial charge in [-0.05, 0) is 36.4 Å². The lowest BCUT2D eigenvalue weighted by molar-refractivity contribution is -0.120. The highest BCUT2D eigenvalue weighted by molar-refractivity contribution is 7.91. The fraction of sp³-hybridized carbons (Fsp3) is 0.312. The highest BCUT2D eigenvalue weighted by atomic mass is 32.2. The third kappa shape index (κ3) is 3.88. The summed E-state index contributed by atoms with van der Waals surface area (Å²) in [6.45, 7) is 0.379. The second-order valence-corrected chi connectivity index (χ2v) is 8.86. The molecule has 5 nitrogen and oxygen atoms in total. The third-order valence-electron chi connectivity index (χ3n) is 4.03. The molecular weight excluding hydrogens is 370 g/mol. The molecule has 9 heteroatoms. The fourth-order valence-corrected chi connectivity index (χ4v) is 5.41. The molecule has 134 valence electrons. The van der Waals surface area contributed by atoms with Crippen LogP contribution in [0.4, 0.5) is 14.5 Å². The Morgan fingerprint density at radius 1 is 1.28 bits per heavy atom. The SMILES string of the molecule is O=C(Nc1ccc(F)cc1F)C1CCCN(S(=O)(=O)c2cccs2)C1. The van der Waals surface area contributed by atoms with Crippen LogP contribution in [0.1, 0.15) is 12.8 Å². The van der Waals surface area contributed by atoms with E-state index in [1.807, 2.05) is 0 Å². The van der Waals surface area contributed by atoms with Crippen molar-refractivity contribution >= 4 is 33.0 Å². The molecule has 1 unspecified atom stereocenters. The van der Waals surface area contributed by atoms with Crippen LogP contribution in [0.25, 0.3) is 0 Å². The Labute approximate surface area is 148 Å². The van der Waals surface area contributed by atoms with Crippen LogP contribution in [0.5, 0.6) is 0 Å². The van der Waals surface area contributed by atoms with Crippen LogP contribution in [-0.4, -0.2) is 31.7 Å². The number of halogens is 2. The van der Waals surface area contributed by atoms with Crippen molar-refractivity contribution in [2.45, 2.75) is 17.1 Å². The van der Waals surface area contributed by atoms with Gasteiger partial charge in [-0.25, -0.2) is 17.2 Å². The molecule has 0 radical (unpaired) electrons. The molecule has 1 atom stereocenters. The molecule has 1 aromatic carbocycles. The molecule has 1 aromatic heterocycles. The van der Waals surface area contributed by atoms with Gasteiger partial charge in [-0.2, -0.15) is 4.31 Å². The molecule has 1 aliphatic rings. The van der Waals surface area contributed by atoms with Crippen molar-refractivity contribution in [3.63, 3.8) is 0 Å². The minimum Gasteiger partial charge on any atom is -0.323 e. The van der Waals surface area contributed by atoms with Gasteiger partial charge in [0.2, 0.25) is 5.91 Å². The number of rotatable bonds is 4. The summed E-state index contributed by atoms with van der Waals surface area (Å²) < 4.78 is 53.3. The first-order chi connectivity index (χ1) is 11.9. The lowest BCUT2D eigenvalue weighted by Gasteiger charge is -2.30. The Morgan fingerprint density at radius 2 is 2.08 bits per heavy atom. The van der Waals surface area contributed by atoms with E-state index in [4.69, 9.17) is 0 Å². The number of hydrogen-bond donors (Lipinski definition) is 1. The van der Waals surface area contributed by atoms with Gasteiger partial charge in [0.15, 0.2) is 0 Å². The number of thiophene rings is 1. The standard InChI is InChI=1S/C16H16F2N2O3S2/c17-12-5-6-14(13(18)9-12)19-16(21)11-3-1-7-20(10-11)25(22,23)15-4-2-8-24-15/h2,4-6,8-9,11H,1,3,7,10H2,(H,19,21). The molecule has 25 heavy (non-hydrogen) atoms. The van der Waals surface area contributed by atoms with Crippen molar-refractivity contribution in [2.75, 3.05) is 18.4 Å². The first kappa shape index (κ1) is 18.0. The van der Waals surface area contributed by atoms with E-state index in [2.05, 4.69) is 5.32 Å². The molecule has 1 fully saturated rings. The quantitative estimate of drug-likeness (QED) is 0.878. The van der Waals surface area contributed by atoms with Gasteiger partial charge < -0.3 is 5.32 Å². The highest BCUT2D eigenvalue weighted by Crippen LogP contribution is 2.27. The monoisotopic (exact) mass is 386 g/mol. The Morgan fingerprint density at radius 3 is 2.76 bits per heavy atom. The predicted octanol–water partition coefficient (Wildman–Crippen LogP) is 3.07. The highest BCUT2D eigenvalue weighted by Gasteiger charge is 2.34. The minimum absolute atomic E-state index is 0.0366. The third-order valence-corrected chi connectivity index (χ3v) is 7.27. The zero-order valence-electron chi connectivity index (χ0n) is 13.1. The first-order valence-electron chi connectivity index (χ1n) is 7.67. The van der Waals surface area contributed by atoms with Gasteiger partial charge in [-0.3, -0.25) is 4.79 Å². The van der Waals surface area contributed by atoms with Gasteiger partial charge >= 0.3 is 0 Å². The largest absolute Gasteiger partial charge is 0.323 e. The first-order valence-corrected chi connectivity index (χ1v) is 9.99. The normalized spacial score (nSPS) is 18.9. The number of hydrogen-bond acceptors (Lipinski definition) is 4. The van der Waals surface area contributed by atoms with Crippen molar-refractivity contribution in [3.8, 4) is 0 Å². The number of benzene rings is 1. The summed E-state index contributed by atoms with van der Waals surface area (Å²) in [7, 11) is -3.62. The van der Waals surface area contributed by atoms with E-state index < -0.39 is 33.5 Å². The summed E-state index contributed by atoms with van der Waals surface area (Å²) in [6.07, 6.45) is 1.04. The summed E-state index contributed by atoms with van der Waals surface area (Å²) in [6, 6.07) is 6.06. The maximum Gasteiger partial charge on any atom is 0.252 e. The molecule has 1 N–H and O–H groups in total. The Hall–Kier alpha value is -1.84. The number of sulfonamides is 1. The van der Waals surface area contributed by atoms with Crippen molar-refractivity contribution in [1.29, 1.82) is 0 Å². The number of piperidine rings is 1. The van der Waals surface area contributed by atoms with Crippen molar-refractivity contribution in [3.05, 3.63) is 47.3 Å². The van der Waals surface area contributed by atoms with Crippen LogP contribution >= 0.6 is 11.3 Å². The average Bonchev–Trinajstić information content (AvgIpc) is 3.13. The molecule has 1 amide bonds. The van der Waals surface area contributed by atoms with Crippen LogP contribution in [-0.2, 0) is 14.8 Å². The second-order valence-electron chi connectivity index (χ2n) is 5.75. The topological polar surface area (TPSA) is 66.5 Å². The van der Waals surface area contributed by atoms with Crippen LogP contribution in [0.15, 0.2) is 39.9 Å². The van der Waals surface area contributed by atoms with Gasteiger partial charge in [0.05, 0.1) is 11.6 Å². The molecule has 1 saturated heterocycles. The average molecular weight is 386 g/mol. The molecule has 3 rings (SSSR count). The number of carbonyl (C=O) groups is 1. The molecule has 0 saturated carbocycles. The van der Waals surface area contributed by atoms with Crippen LogP contribution in [0, 0.1) is 17.6 Å². The zero-order valence-corrected chi connectivity index (χ0v) is 14.7. The Kier molecular flexibility index (Phi) is 5.16. The molecule has 0 aliphatic carbocycles. The van der Waals surface area contributed by atoms with E-state index in [1.165, 1.54) is 10.4 Å². The van der Waals surface area contributed by atoms with Crippen LogP contribution in [0.2, 0.25) is 0 Å². The number of carbonyl (C=O) groups excluding carboxylic acids is 1. The van der Waals surface area contributed by atoms with E-state index in [9.17, 15) is 22.0 Å². The van der Waals surface area contributed by atoms with Crippen LogP contribution in [0.3, 0.4) is 0 Å². The smallest absolute Gasteiger partial charge is 0.252 e. The molecule has 0 bridgehead atoms. The molecular formula is C16H16F2N2O3S2. The summed E-state index contributed by atoms with van der Waals surface area (Å²) in [5, 5.41) is 4.09. The van der Waals surface area contributed by atoms with Crippen molar-refractivity contribution in [1.82, 2.24) is 4.31 Å². The van der Waals surface area contributed by atoms with E-state index in [1.54, 1.807) is 11.4 Å². The van der Waals surface area contributed by atoms with Gasteiger partial charge in [0.25, 0.3) is 10.0 Å². The maximum absolute atomic E-state index is 13.7. The van der Waals surface area contributed by atoms with Gasteiger partial charge in [-0.1, -0.05) is 6.07 Å². The molecule has 2 aromatic rings. The summed E-state index contributed by atoms with van der Waals surface area (Å²) in [5.74, 6) is -2.67. The number of nitrogens with one attached hydrogen (secondary N) is 1. The maximum atomic E-state index is 13.7. The Balaban J connectivity index is 1.72. The fourth-order valence-electron chi connectivity index (χ4n) is 2.74. The van der Waals surface area contributed by atoms with E-state index in [-0.39, 0.29) is 16.4 Å². The molecule has 0 spiro atoms. The molecule has 1 aliphatic heterocycles. The van der Waals surface area contributed by atoms with Crippen molar-refractivity contribution < 1.29 is 22.0 Å². The van der Waals surface area contributed by atoms with E-state index in [0.717, 1.165) is 23.5 Å². The van der Waals surface area contributed by atoms with E-state index in [0.29, 0.717) is 25.5 Å². The summed E-state index contributed by atoms with van der Waals surface area (Å²) in [5.41, 5.74) is -0.121. The van der Waals surface area contributed by atoms with Gasteiger partial charge in [0, 0.05) is 19.2 Å².